The first-order valence-electron chi connectivity index (χ1n) is 16.5. The molecule has 0 saturated carbocycles. The van der Waals surface area contributed by atoms with E-state index >= 15 is 0 Å². The van der Waals surface area contributed by atoms with Crippen LogP contribution in [0.25, 0.3) is 12.2 Å². The van der Waals surface area contributed by atoms with Gasteiger partial charge in [-0.3, -0.25) is 14.4 Å². The number of carbonyl (C=O) groups excluding carboxylic acids is 1. The summed E-state index contributed by atoms with van der Waals surface area (Å²) in [6.07, 6.45) is 7.55. The summed E-state index contributed by atoms with van der Waals surface area (Å²) in [5.74, 6) is -4.15. The van der Waals surface area contributed by atoms with E-state index in [-0.39, 0.29) is 72.5 Å². The fraction of sp³-hybridized carbons (Fsp3) is 0.244. The number of hydrogen-bond donors (Lipinski definition) is 4. The van der Waals surface area contributed by atoms with Crippen molar-refractivity contribution >= 4 is 29.9 Å². The van der Waals surface area contributed by atoms with E-state index in [1.807, 2.05) is 115 Å². The number of benzene rings is 4. The summed E-state index contributed by atoms with van der Waals surface area (Å²) in [7, 11) is 0. The van der Waals surface area contributed by atoms with E-state index in [1.165, 1.54) is 0 Å². The van der Waals surface area contributed by atoms with Gasteiger partial charge in [0.25, 0.3) is 0 Å². The predicted molar refractivity (Wildman–Crippen MR) is 188 cm³/mol. The molecule has 0 unspecified atom stereocenters. The number of allylic oxidation sites excluding steroid dienone is 2. The predicted octanol–water partition coefficient (Wildman–Crippen LogP) is 8.91. The van der Waals surface area contributed by atoms with Crippen LogP contribution in [0.15, 0.2) is 103 Å². The van der Waals surface area contributed by atoms with Crippen molar-refractivity contribution in [2.24, 2.45) is 0 Å². The molecule has 0 spiro atoms. The zero-order chi connectivity index (χ0) is 34.8. The van der Waals surface area contributed by atoms with Gasteiger partial charge in [0.1, 0.15) is 28.9 Å². The minimum atomic E-state index is -0.967. The Hall–Kier alpha value is -5.63. The number of aliphatic carboxylic acids is 2. The number of ether oxygens (including phenoxy) is 1. The smallest absolute Gasteiger partial charge is 0.303 e. The Labute approximate surface area is 285 Å². The lowest BCUT2D eigenvalue weighted by molar-refractivity contribution is -0.138. The monoisotopic (exact) mass is 660 g/mol. The van der Waals surface area contributed by atoms with Gasteiger partial charge in [0.2, 0.25) is 0 Å². The van der Waals surface area contributed by atoms with Gasteiger partial charge in [-0.25, -0.2) is 0 Å². The highest BCUT2D eigenvalue weighted by atomic mass is 16.5. The molecule has 252 valence electrons. The van der Waals surface area contributed by atoms with Crippen LogP contribution >= 0.6 is 0 Å². The maximum Gasteiger partial charge on any atom is 0.303 e. The molecule has 0 saturated heterocycles. The third-order valence-electron chi connectivity index (χ3n) is 8.75. The summed E-state index contributed by atoms with van der Waals surface area (Å²) in [5.41, 5.74) is 2.86. The zero-order valence-electron chi connectivity index (χ0n) is 27.1. The van der Waals surface area contributed by atoms with Gasteiger partial charge < -0.3 is 25.2 Å². The second-order valence-corrected chi connectivity index (χ2v) is 12.2. The SMILES string of the molecule is O=C(O)CCC[C@@H](C=Cc1ccccc1)c1c(O)c([C@@H](C=Cc2ccccc2)CCCC(=O)O)c(O)c2c1O[C@@H](c1ccccc1)CC2=O. The molecule has 1 heterocycles. The maximum absolute atomic E-state index is 14.0. The summed E-state index contributed by atoms with van der Waals surface area (Å²) in [6.45, 7) is 0. The Morgan fingerprint density at radius 3 is 1.65 bits per heavy atom. The van der Waals surface area contributed by atoms with Crippen LogP contribution in [0.3, 0.4) is 0 Å². The molecule has 8 nitrogen and oxygen atoms in total. The van der Waals surface area contributed by atoms with E-state index in [0.717, 1.165) is 16.7 Å². The van der Waals surface area contributed by atoms with E-state index < -0.39 is 35.6 Å². The molecule has 0 aliphatic carbocycles. The van der Waals surface area contributed by atoms with Crippen LogP contribution in [0.5, 0.6) is 17.2 Å². The van der Waals surface area contributed by atoms with Gasteiger partial charge in [-0.2, -0.15) is 0 Å². The van der Waals surface area contributed by atoms with Crippen LogP contribution in [0.2, 0.25) is 0 Å². The van der Waals surface area contributed by atoms with Crippen molar-refractivity contribution in [3.05, 3.63) is 137 Å². The fourth-order valence-electron chi connectivity index (χ4n) is 6.33. The van der Waals surface area contributed by atoms with Crippen molar-refractivity contribution in [3.8, 4) is 17.2 Å². The van der Waals surface area contributed by atoms with Gasteiger partial charge in [-0.15, -0.1) is 0 Å². The lowest BCUT2D eigenvalue weighted by Crippen LogP contribution is -2.23. The number of carboxylic acids is 2. The zero-order valence-corrected chi connectivity index (χ0v) is 27.1. The van der Waals surface area contributed by atoms with Gasteiger partial charge in [-0.1, -0.05) is 115 Å². The molecule has 1 aliphatic heterocycles. The highest BCUT2D eigenvalue weighted by molar-refractivity contribution is 6.04. The number of carbonyl (C=O) groups is 3. The fourth-order valence-corrected chi connectivity index (χ4v) is 6.33. The van der Waals surface area contributed by atoms with Gasteiger partial charge in [0.15, 0.2) is 5.78 Å². The molecule has 4 aromatic rings. The van der Waals surface area contributed by atoms with Gasteiger partial charge in [0, 0.05) is 35.8 Å². The number of phenolic OH excluding ortho intramolecular Hbond substituents is 2. The van der Waals surface area contributed by atoms with Crippen LogP contribution < -0.4 is 4.74 Å². The Balaban J connectivity index is 1.71. The Morgan fingerprint density at radius 1 is 0.694 bits per heavy atom. The molecule has 4 aromatic carbocycles. The number of fused-ring (bicyclic) bond motifs is 1. The van der Waals surface area contributed by atoms with Crippen LogP contribution in [0, 0.1) is 0 Å². The van der Waals surface area contributed by atoms with E-state index in [4.69, 9.17) is 4.74 Å². The molecule has 0 bridgehead atoms. The Kier molecular flexibility index (Phi) is 11.7. The number of aromatic hydroxyl groups is 2. The molecule has 4 N–H and O–H groups in total. The van der Waals surface area contributed by atoms with Crippen molar-refractivity contribution in [2.75, 3.05) is 0 Å². The second-order valence-electron chi connectivity index (χ2n) is 12.2. The summed E-state index contributed by atoms with van der Waals surface area (Å²) in [4.78, 5) is 37.0. The van der Waals surface area contributed by atoms with Gasteiger partial charge in [0.05, 0.1) is 6.42 Å². The topological polar surface area (TPSA) is 141 Å². The molecular weight excluding hydrogens is 620 g/mol. The lowest BCUT2D eigenvalue weighted by Gasteiger charge is -2.32. The highest BCUT2D eigenvalue weighted by Crippen LogP contribution is 2.54. The summed E-state index contributed by atoms with van der Waals surface area (Å²) in [5, 5.41) is 43.0. The Bertz CT molecular complexity index is 1810. The standard InChI is InChI=1S/C41H40O8/c42-32-26-33(29-16-8-3-9-17-29)49-41-37(31(19-11-21-35(45)46)25-23-28-14-6-2-7-15-28)39(47)36(40(48)38(32)41)30(18-10-20-34(43)44)24-22-27-12-4-1-5-13-27/h1-9,12-17,22-25,30-31,33,47-48H,10-11,18-21,26H2,(H,43,44)(H,45,46)/t30-,31+,33-/m1/s1. The first kappa shape index (κ1) is 34.7. The molecule has 0 radical (unpaired) electrons. The lowest BCUT2D eigenvalue weighted by atomic mass is 9.80. The molecule has 0 amide bonds. The first-order chi connectivity index (χ1) is 23.7. The van der Waals surface area contributed by atoms with Gasteiger partial charge >= 0.3 is 11.9 Å². The summed E-state index contributed by atoms with van der Waals surface area (Å²) in [6, 6.07) is 28.2. The van der Waals surface area contributed by atoms with E-state index in [9.17, 15) is 34.8 Å². The van der Waals surface area contributed by atoms with E-state index in [0.29, 0.717) is 6.42 Å². The molecule has 1 aliphatic rings. The van der Waals surface area contributed by atoms with Gasteiger partial charge in [-0.05, 0) is 42.4 Å². The van der Waals surface area contributed by atoms with Crippen molar-refractivity contribution in [1.82, 2.24) is 0 Å². The number of Topliss-reactive ketones (excluding diaryl/α,β-unsaturated/α-hetero) is 1. The summed E-state index contributed by atoms with van der Waals surface area (Å²) >= 11 is 0. The van der Waals surface area contributed by atoms with Crippen LogP contribution in [-0.4, -0.2) is 38.1 Å². The average Bonchev–Trinajstić information content (AvgIpc) is 3.09. The molecule has 3 atom stereocenters. The first-order valence-corrected chi connectivity index (χ1v) is 16.5. The van der Waals surface area contributed by atoms with Crippen molar-refractivity contribution < 1.29 is 39.5 Å². The second kappa shape index (κ2) is 16.5. The van der Waals surface area contributed by atoms with Crippen molar-refractivity contribution in [1.29, 1.82) is 0 Å². The van der Waals surface area contributed by atoms with Crippen molar-refractivity contribution in [3.63, 3.8) is 0 Å². The maximum atomic E-state index is 14.0. The molecule has 0 aromatic heterocycles. The average molecular weight is 661 g/mol. The minimum Gasteiger partial charge on any atom is -0.507 e. The summed E-state index contributed by atoms with van der Waals surface area (Å²) < 4.78 is 6.53. The van der Waals surface area contributed by atoms with E-state index in [1.54, 1.807) is 0 Å². The number of rotatable bonds is 15. The molecule has 49 heavy (non-hydrogen) atoms. The Morgan fingerprint density at radius 2 is 1.16 bits per heavy atom. The number of carboxylic acid groups (broad SMARTS) is 2. The largest absolute Gasteiger partial charge is 0.507 e. The van der Waals surface area contributed by atoms with E-state index in [2.05, 4.69) is 0 Å². The highest BCUT2D eigenvalue weighted by Gasteiger charge is 2.38. The third kappa shape index (κ3) is 8.84. The number of hydrogen-bond acceptors (Lipinski definition) is 6. The number of phenols is 2. The quantitative estimate of drug-likeness (QED) is 0.0991. The normalized spacial score (nSPS) is 15.5. The molecule has 0 fully saturated rings. The third-order valence-corrected chi connectivity index (χ3v) is 8.75. The number of ketones is 1. The minimum absolute atomic E-state index is 0.0392. The van der Waals surface area contributed by atoms with Crippen LogP contribution in [0.4, 0.5) is 0 Å². The molecular formula is C41H40O8. The van der Waals surface area contributed by atoms with Crippen LogP contribution in [0.1, 0.15) is 101 Å². The molecule has 5 rings (SSSR count). The van der Waals surface area contributed by atoms with Crippen molar-refractivity contribution in [2.45, 2.75) is 62.9 Å². The molecule has 8 heteroatoms. The van der Waals surface area contributed by atoms with Crippen LogP contribution in [-0.2, 0) is 9.59 Å².